The zero-order chi connectivity index (χ0) is 14.4. The average molecular weight is 265 g/mol. The summed E-state index contributed by atoms with van der Waals surface area (Å²) in [7, 11) is 0. The monoisotopic (exact) mass is 265 g/mol. The lowest BCUT2D eigenvalue weighted by atomic mass is 9.85. The van der Waals surface area contributed by atoms with E-state index in [-0.39, 0.29) is 5.54 Å². The summed E-state index contributed by atoms with van der Waals surface area (Å²) in [6.45, 7) is 13.3. The van der Waals surface area contributed by atoms with Gasteiger partial charge >= 0.3 is 0 Å². The van der Waals surface area contributed by atoms with Gasteiger partial charge in [0.1, 0.15) is 5.54 Å². The van der Waals surface area contributed by atoms with E-state index in [1.54, 1.807) is 0 Å². The predicted octanol–water partition coefficient (Wildman–Crippen LogP) is 3.17. The fourth-order valence-electron chi connectivity index (χ4n) is 2.93. The molecule has 0 saturated carbocycles. The van der Waals surface area contributed by atoms with Gasteiger partial charge in [-0.05, 0) is 70.6 Å². The zero-order valence-corrected chi connectivity index (χ0v) is 13.3. The van der Waals surface area contributed by atoms with Crippen LogP contribution in [0.5, 0.6) is 0 Å². The summed E-state index contributed by atoms with van der Waals surface area (Å²) >= 11 is 0. The highest BCUT2D eigenvalue weighted by atomic mass is 15.1. The molecule has 110 valence electrons. The molecule has 0 spiro atoms. The minimum Gasteiger partial charge on any atom is -0.303 e. The quantitative estimate of drug-likeness (QED) is 0.802. The highest BCUT2D eigenvalue weighted by Crippen LogP contribution is 2.29. The minimum absolute atomic E-state index is 0.347. The van der Waals surface area contributed by atoms with Crippen LogP contribution in [-0.2, 0) is 0 Å². The average Bonchev–Trinajstić information content (AvgIpc) is 2.51. The first-order valence-electron chi connectivity index (χ1n) is 7.79. The fraction of sp³-hybridized carbons (Fsp3) is 0.938. The fourth-order valence-corrected chi connectivity index (χ4v) is 2.93. The molecule has 0 bridgehead atoms. The third-order valence-electron chi connectivity index (χ3n) is 4.40. The van der Waals surface area contributed by atoms with E-state index in [0.29, 0.717) is 5.41 Å². The number of rotatable bonds is 6. The van der Waals surface area contributed by atoms with E-state index in [2.05, 4.69) is 37.1 Å². The summed E-state index contributed by atoms with van der Waals surface area (Å²) in [5, 5.41) is 12.5. The summed E-state index contributed by atoms with van der Waals surface area (Å²) in [5.74, 6) is 0. The highest BCUT2D eigenvalue weighted by molar-refractivity contribution is 5.03. The van der Waals surface area contributed by atoms with E-state index in [1.165, 1.54) is 32.4 Å². The predicted molar refractivity (Wildman–Crippen MR) is 81.0 cm³/mol. The Morgan fingerprint density at radius 1 is 1.32 bits per heavy atom. The van der Waals surface area contributed by atoms with Crippen LogP contribution in [0.15, 0.2) is 0 Å². The molecule has 1 aliphatic rings. The third kappa shape index (κ3) is 5.93. The summed E-state index contributed by atoms with van der Waals surface area (Å²) in [6, 6.07) is 2.41. The minimum atomic E-state index is -0.347. The normalized spacial score (nSPS) is 23.3. The Labute approximate surface area is 119 Å². The molecular weight excluding hydrogens is 234 g/mol. The number of hydrogen-bond acceptors (Lipinski definition) is 3. The van der Waals surface area contributed by atoms with Crippen LogP contribution in [0.25, 0.3) is 0 Å². The van der Waals surface area contributed by atoms with Crippen LogP contribution in [0.4, 0.5) is 0 Å². The summed E-state index contributed by atoms with van der Waals surface area (Å²) < 4.78 is 0. The Balaban J connectivity index is 2.31. The largest absolute Gasteiger partial charge is 0.303 e. The maximum absolute atomic E-state index is 9.24. The molecule has 1 aliphatic heterocycles. The second kappa shape index (κ2) is 7.26. The molecule has 3 nitrogen and oxygen atoms in total. The first-order valence-corrected chi connectivity index (χ1v) is 7.79. The van der Waals surface area contributed by atoms with Gasteiger partial charge in [-0.25, -0.2) is 0 Å². The first-order chi connectivity index (χ1) is 8.91. The van der Waals surface area contributed by atoms with Crippen molar-refractivity contribution < 1.29 is 0 Å². The molecule has 1 atom stereocenters. The zero-order valence-electron chi connectivity index (χ0n) is 13.3. The second-order valence-electron chi connectivity index (χ2n) is 6.94. The van der Waals surface area contributed by atoms with Gasteiger partial charge in [-0.1, -0.05) is 20.8 Å². The Morgan fingerprint density at radius 2 is 2.05 bits per heavy atom. The van der Waals surface area contributed by atoms with Crippen molar-refractivity contribution in [2.45, 2.75) is 65.3 Å². The molecule has 0 radical (unpaired) electrons. The van der Waals surface area contributed by atoms with Gasteiger partial charge in [0, 0.05) is 0 Å². The molecule has 0 aromatic carbocycles. The van der Waals surface area contributed by atoms with Gasteiger partial charge in [-0.2, -0.15) is 5.26 Å². The summed E-state index contributed by atoms with van der Waals surface area (Å²) in [4.78, 5) is 2.58. The Hall–Kier alpha value is -0.590. The van der Waals surface area contributed by atoms with E-state index in [0.717, 1.165) is 25.9 Å². The summed E-state index contributed by atoms with van der Waals surface area (Å²) in [6.07, 6.45) is 6.01. The molecule has 1 rings (SSSR count). The Morgan fingerprint density at radius 3 is 2.68 bits per heavy atom. The molecule has 1 heterocycles. The lowest BCUT2D eigenvalue weighted by Gasteiger charge is -2.26. The van der Waals surface area contributed by atoms with Crippen LogP contribution in [0.2, 0.25) is 0 Å². The Kier molecular flexibility index (Phi) is 6.29. The first kappa shape index (κ1) is 16.5. The molecule has 1 unspecified atom stereocenters. The molecule has 0 amide bonds. The van der Waals surface area contributed by atoms with Crippen molar-refractivity contribution in [3.05, 3.63) is 0 Å². The van der Waals surface area contributed by atoms with Crippen molar-refractivity contribution in [1.29, 1.82) is 5.26 Å². The standard InChI is InChI=1S/C16H31N3/c1-5-18-16(4,14-17)9-7-12-19-11-6-8-15(2,3)10-13-19/h18H,5-13H2,1-4H3. The molecule has 1 N–H and O–H groups in total. The van der Waals surface area contributed by atoms with Crippen molar-refractivity contribution in [3.63, 3.8) is 0 Å². The number of likely N-dealkylation sites (tertiary alicyclic amines) is 1. The van der Waals surface area contributed by atoms with E-state index in [4.69, 9.17) is 0 Å². The van der Waals surface area contributed by atoms with Gasteiger partial charge in [0.15, 0.2) is 0 Å². The van der Waals surface area contributed by atoms with Crippen molar-refractivity contribution in [1.82, 2.24) is 10.2 Å². The van der Waals surface area contributed by atoms with Crippen molar-refractivity contribution >= 4 is 0 Å². The number of nitrogens with one attached hydrogen (secondary N) is 1. The van der Waals surface area contributed by atoms with Crippen molar-refractivity contribution in [2.75, 3.05) is 26.2 Å². The van der Waals surface area contributed by atoms with Gasteiger partial charge in [0.2, 0.25) is 0 Å². The summed E-state index contributed by atoms with van der Waals surface area (Å²) in [5.41, 5.74) is 0.166. The SMILES string of the molecule is CCNC(C)(C#N)CCCN1CCCC(C)(C)CC1. The maximum Gasteiger partial charge on any atom is 0.103 e. The van der Waals surface area contributed by atoms with Gasteiger partial charge in [-0.3, -0.25) is 5.32 Å². The van der Waals surface area contributed by atoms with E-state index < -0.39 is 0 Å². The topological polar surface area (TPSA) is 39.1 Å². The molecule has 1 fully saturated rings. The molecule has 0 aromatic rings. The van der Waals surface area contributed by atoms with Crippen LogP contribution < -0.4 is 5.32 Å². The molecule has 0 aromatic heterocycles. The van der Waals surface area contributed by atoms with E-state index in [9.17, 15) is 5.26 Å². The molecule has 0 aliphatic carbocycles. The van der Waals surface area contributed by atoms with Crippen LogP contribution in [0.3, 0.4) is 0 Å². The van der Waals surface area contributed by atoms with Crippen molar-refractivity contribution in [2.24, 2.45) is 5.41 Å². The van der Waals surface area contributed by atoms with Gasteiger partial charge in [0.25, 0.3) is 0 Å². The van der Waals surface area contributed by atoms with Crippen LogP contribution in [0, 0.1) is 16.7 Å². The third-order valence-corrected chi connectivity index (χ3v) is 4.40. The van der Waals surface area contributed by atoms with Crippen LogP contribution in [-0.4, -0.2) is 36.6 Å². The number of nitrogens with zero attached hydrogens (tertiary/aromatic N) is 2. The van der Waals surface area contributed by atoms with Gasteiger partial charge < -0.3 is 4.90 Å². The Bertz CT molecular complexity index is 306. The molecule has 1 saturated heterocycles. The second-order valence-corrected chi connectivity index (χ2v) is 6.94. The molecular formula is C16H31N3. The lowest BCUT2D eigenvalue weighted by molar-refractivity contribution is 0.250. The van der Waals surface area contributed by atoms with Gasteiger partial charge in [0.05, 0.1) is 6.07 Å². The van der Waals surface area contributed by atoms with E-state index >= 15 is 0 Å². The van der Waals surface area contributed by atoms with Crippen LogP contribution in [0.1, 0.15) is 59.8 Å². The number of hydrogen-bond donors (Lipinski definition) is 1. The van der Waals surface area contributed by atoms with Gasteiger partial charge in [-0.15, -0.1) is 0 Å². The molecule has 19 heavy (non-hydrogen) atoms. The van der Waals surface area contributed by atoms with Crippen LogP contribution >= 0.6 is 0 Å². The number of nitriles is 1. The molecule has 3 heteroatoms. The maximum atomic E-state index is 9.24. The highest BCUT2D eigenvalue weighted by Gasteiger charge is 2.24. The van der Waals surface area contributed by atoms with E-state index in [1.807, 2.05) is 6.92 Å². The smallest absolute Gasteiger partial charge is 0.103 e. The lowest BCUT2D eigenvalue weighted by Crippen LogP contribution is -2.41. The van der Waals surface area contributed by atoms with Crippen molar-refractivity contribution in [3.8, 4) is 6.07 Å².